The van der Waals surface area contributed by atoms with Crippen LogP contribution in [0, 0.1) is 0 Å². The minimum absolute atomic E-state index is 0.0127. The Morgan fingerprint density at radius 2 is 2.00 bits per heavy atom. The van der Waals surface area contributed by atoms with Crippen LogP contribution < -0.4 is 0 Å². The van der Waals surface area contributed by atoms with Crippen LogP contribution in [0.15, 0.2) is 24.3 Å². The molecule has 1 heterocycles. The largest absolute Gasteiger partial charge is 0.380 e. The van der Waals surface area contributed by atoms with E-state index < -0.39 is 10.8 Å². The maximum atomic E-state index is 12.5. The van der Waals surface area contributed by atoms with Gasteiger partial charge in [0.1, 0.15) is 0 Å². The molecule has 0 saturated carbocycles. The zero-order chi connectivity index (χ0) is 14.8. The summed E-state index contributed by atoms with van der Waals surface area (Å²) in [5.74, 6) is 0.569. The lowest BCUT2D eigenvalue weighted by Crippen LogP contribution is -2.52. The van der Waals surface area contributed by atoms with E-state index in [-0.39, 0.29) is 10.7 Å². The number of amides is 1. The van der Waals surface area contributed by atoms with Crippen molar-refractivity contribution >= 4 is 16.7 Å². The van der Waals surface area contributed by atoms with E-state index in [1.165, 1.54) is 0 Å². The molecule has 0 bridgehead atoms. The molecule has 0 aromatic heterocycles. The highest BCUT2D eigenvalue weighted by Gasteiger charge is 2.35. The molecule has 110 valence electrons. The number of methoxy groups -OCH3 is 1. The molecular formula is C15H21NO3S. The SMILES string of the molecule is COCc1ccc(C(=O)N2CCS(=O)C(C)(C)C2)cc1. The molecule has 0 N–H and O–H groups in total. The maximum absolute atomic E-state index is 12.5. The smallest absolute Gasteiger partial charge is 0.253 e. The number of carbonyl (C=O) groups is 1. The Hall–Kier alpha value is -1.20. The van der Waals surface area contributed by atoms with Crippen molar-refractivity contribution in [2.24, 2.45) is 0 Å². The van der Waals surface area contributed by atoms with Crippen LogP contribution in [0.4, 0.5) is 0 Å². The minimum atomic E-state index is -0.861. The number of carbonyl (C=O) groups excluding carboxylic acids is 1. The summed E-state index contributed by atoms with van der Waals surface area (Å²) >= 11 is 0. The molecule has 1 atom stereocenters. The van der Waals surface area contributed by atoms with Crippen molar-refractivity contribution in [2.45, 2.75) is 25.2 Å². The molecule has 0 aliphatic carbocycles. The van der Waals surface area contributed by atoms with Crippen molar-refractivity contribution in [3.8, 4) is 0 Å². The first-order valence-corrected chi connectivity index (χ1v) is 8.01. The van der Waals surface area contributed by atoms with Gasteiger partial charge in [-0.2, -0.15) is 0 Å². The Labute approximate surface area is 122 Å². The van der Waals surface area contributed by atoms with E-state index in [4.69, 9.17) is 4.74 Å². The zero-order valence-electron chi connectivity index (χ0n) is 12.2. The first kappa shape index (κ1) is 15.2. The van der Waals surface area contributed by atoms with E-state index in [0.717, 1.165) is 5.56 Å². The summed E-state index contributed by atoms with van der Waals surface area (Å²) in [5, 5.41) is 0. The molecule has 1 fully saturated rings. The van der Waals surface area contributed by atoms with Gasteiger partial charge in [0.2, 0.25) is 0 Å². The molecule has 1 aromatic carbocycles. The summed E-state index contributed by atoms with van der Waals surface area (Å²) in [6.07, 6.45) is 0. The Balaban J connectivity index is 2.09. The fourth-order valence-corrected chi connectivity index (χ4v) is 3.58. The van der Waals surface area contributed by atoms with Crippen molar-refractivity contribution in [1.82, 2.24) is 4.90 Å². The van der Waals surface area contributed by atoms with Crippen molar-refractivity contribution < 1.29 is 13.7 Å². The number of benzene rings is 1. The van der Waals surface area contributed by atoms with Crippen LogP contribution in [0.3, 0.4) is 0 Å². The molecule has 2 rings (SSSR count). The maximum Gasteiger partial charge on any atom is 0.253 e. The molecule has 20 heavy (non-hydrogen) atoms. The highest BCUT2D eigenvalue weighted by Crippen LogP contribution is 2.21. The second-order valence-electron chi connectivity index (χ2n) is 5.67. The molecular weight excluding hydrogens is 274 g/mol. The number of hydrogen-bond acceptors (Lipinski definition) is 3. The van der Waals surface area contributed by atoms with Crippen molar-refractivity contribution in [3.63, 3.8) is 0 Å². The fraction of sp³-hybridized carbons (Fsp3) is 0.533. The minimum Gasteiger partial charge on any atom is -0.380 e. The third-order valence-electron chi connectivity index (χ3n) is 3.53. The van der Waals surface area contributed by atoms with Gasteiger partial charge < -0.3 is 9.64 Å². The zero-order valence-corrected chi connectivity index (χ0v) is 13.0. The van der Waals surface area contributed by atoms with Crippen LogP contribution in [-0.2, 0) is 22.1 Å². The standard InChI is InChI=1S/C15H21NO3S/c1-15(2)11-16(8-9-20(15)18)14(17)13-6-4-12(5-7-13)10-19-3/h4-7H,8-11H2,1-3H3. The summed E-state index contributed by atoms with van der Waals surface area (Å²) in [7, 11) is 0.787. The third kappa shape index (κ3) is 3.27. The van der Waals surface area contributed by atoms with Gasteiger partial charge in [0.25, 0.3) is 5.91 Å². The van der Waals surface area contributed by atoms with Crippen LogP contribution in [0.2, 0.25) is 0 Å². The summed E-state index contributed by atoms with van der Waals surface area (Å²) in [6.45, 7) is 5.55. The molecule has 1 amide bonds. The highest BCUT2D eigenvalue weighted by molar-refractivity contribution is 7.86. The molecule has 1 unspecified atom stereocenters. The molecule has 0 spiro atoms. The summed E-state index contributed by atoms with van der Waals surface area (Å²) in [5.41, 5.74) is 1.72. The lowest BCUT2D eigenvalue weighted by molar-refractivity contribution is 0.0745. The van der Waals surface area contributed by atoms with E-state index in [9.17, 15) is 9.00 Å². The van der Waals surface area contributed by atoms with Gasteiger partial charge in [0, 0.05) is 42.3 Å². The topological polar surface area (TPSA) is 46.6 Å². The van der Waals surface area contributed by atoms with Crippen LogP contribution >= 0.6 is 0 Å². The van der Waals surface area contributed by atoms with Crippen LogP contribution in [0.1, 0.15) is 29.8 Å². The molecule has 4 nitrogen and oxygen atoms in total. The molecule has 0 radical (unpaired) electrons. The second kappa shape index (κ2) is 6.06. The molecule has 1 saturated heterocycles. The number of ether oxygens (including phenoxy) is 1. The van der Waals surface area contributed by atoms with E-state index in [0.29, 0.717) is 31.0 Å². The molecule has 1 aliphatic rings. The Kier molecular flexibility index (Phi) is 4.60. The quantitative estimate of drug-likeness (QED) is 0.854. The lowest BCUT2D eigenvalue weighted by atomic mass is 10.1. The highest BCUT2D eigenvalue weighted by atomic mass is 32.2. The Morgan fingerprint density at radius 3 is 2.55 bits per heavy atom. The van der Waals surface area contributed by atoms with Crippen LogP contribution in [0.5, 0.6) is 0 Å². The normalized spacial score (nSPS) is 21.8. The van der Waals surface area contributed by atoms with Crippen LogP contribution in [0.25, 0.3) is 0 Å². The molecule has 1 aromatic rings. The van der Waals surface area contributed by atoms with Crippen LogP contribution in [-0.4, -0.2) is 45.7 Å². The fourth-order valence-electron chi connectivity index (χ4n) is 2.35. The summed E-state index contributed by atoms with van der Waals surface area (Å²) in [4.78, 5) is 14.3. The van der Waals surface area contributed by atoms with Gasteiger partial charge in [-0.25, -0.2) is 0 Å². The van der Waals surface area contributed by atoms with Gasteiger partial charge in [0.05, 0.1) is 11.4 Å². The van der Waals surface area contributed by atoms with Gasteiger partial charge >= 0.3 is 0 Å². The van der Waals surface area contributed by atoms with E-state index in [1.54, 1.807) is 12.0 Å². The average molecular weight is 295 g/mol. The summed E-state index contributed by atoms with van der Waals surface area (Å²) in [6, 6.07) is 7.47. The van der Waals surface area contributed by atoms with Gasteiger partial charge in [-0.15, -0.1) is 0 Å². The van der Waals surface area contributed by atoms with Crippen molar-refractivity contribution in [3.05, 3.63) is 35.4 Å². The lowest BCUT2D eigenvalue weighted by Gasteiger charge is -2.37. The number of hydrogen-bond donors (Lipinski definition) is 0. The number of rotatable bonds is 3. The average Bonchev–Trinajstić information content (AvgIpc) is 2.42. The predicted octanol–water partition coefficient (Wildman–Crippen LogP) is 1.82. The van der Waals surface area contributed by atoms with E-state index in [1.807, 2.05) is 38.1 Å². The van der Waals surface area contributed by atoms with E-state index >= 15 is 0 Å². The van der Waals surface area contributed by atoms with Gasteiger partial charge in [-0.05, 0) is 31.5 Å². The molecule has 1 aliphatic heterocycles. The van der Waals surface area contributed by atoms with Gasteiger partial charge in [0.15, 0.2) is 0 Å². The van der Waals surface area contributed by atoms with Gasteiger partial charge in [-0.1, -0.05) is 12.1 Å². The van der Waals surface area contributed by atoms with Crippen molar-refractivity contribution in [2.75, 3.05) is 26.0 Å². The predicted molar refractivity (Wildman–Crippen MR) is 80.1 cm³/mol. The summed E-state index contributed by atoms with van der Waals surface area (Å²) < 4.78 is 16.6. The number of nitrogens with zero attached hydrogens (tertiary/aromatic N) is 1. The Morgan fingerprint density at radius 1 is 1.35 bits per heavy atom. The monoisotopic (exact) mass is 295 g/mol. The van der Waals surface area contributed by atoms with Gasteiger partial charge in [-0.3, -0.25) is 9.00 Å². The second-order valence-corrected chi connectivity index (χ2v) is 7.87. The van der Waals surface area contributed by atoms with E-state index in [2.05, 4.69) is 0 Å². The third-order valence-corrected chi connectivity index (χ3v) is 5.45. The first-order chi connectivity index (χ1) is 9.44. The van der Waals surface area contributed by atoms with Crippen molar-refractivity contribution in [1.29, 1.82) is 0 Å². The molecule has 5 heteroatoms. The first-order valence-electron chi connectivity index (χ1n) is 6.70. The Bertz CT molecular complexity index is 510.